The van der Waals surface area contributed by atoms with Gasteiger partial charge in [-0.1, -0.05) is 31.5 Å². The van der Waals surface area contributed by atoms with E-state index in [2.05, 4.69) is 12.2 Å². The first-order valence-electron chi connectivity index (χ1n) is 8.96. The number of anilines is 2. The number of carbonyl (C=O) groups excluding carboxylic acids is 2. The molecule has 0 aliphatic carbocycles. The molecule has 3 rings (SSSR count). The molecule has 2 aromatic rings. The van der Waals surface area contributed by atoms with Crippen molar-refractivity contribution >= 4 is 28.9 Å². The lowest BCUT2D eigenvalue weighted by Gasteiger charge is -2.16. The summed E-state index contributed by atoms with van der Waals surface area (Å²) in [7, 11) is 0. The third-order valence-electron chi connectivity index (χ3n) is 4.56. The summed E-state index contributed by atoms with van der Waals surface area (Å²) in [5.41, 5.74) is 2.09. The second-order valence-electron chi connectivity index (χ2n) is 6.55. The number of amides is 2. The number of nitro groups is 1. The Morgan fingerprint density at radius 1 is 1.19 bits per heavy atom. The fourth-order valence-electron chi connectivity index (χ4n) is 3.12. The summed E-state index contributed by atoms with van der Waals surface area (Å²) in [6.07, 6.45) is 3.18. The summed E-state index contributed by atoms with van der Waals surface area (Å²) in [4.78, 5) is 36.6. The molecule has 27 heavy (non-hydrogen) atoms. The molecule has 0 aromatic heterocycles. The topological polar surface area (TPSA) is 92.6 Å². The summed E-state index contributed by atoms with van der Waals surface area (Å²) in [6, 6.07) is 12.6. The SMILES string of the molecule is CCCCc1ccc(N2C(=O)C[C@@H](Nc3cccc([N+](=O)[O-])c3)C2=O)cc1. The molecule has 1 aliphatic heterocycles. The number of unbranched alkanes of at least 4 members (excludes halogenated alkanes) is 1. The number of hydrogen-bond acceptors (Lipinski definition) is 5. The molecule has 7 nitrogen and oxygen atoms in total. The van der Waals surface area contributed by atoms with Gasteiger partial charge in [0.25, 0.3) is 11.6 Å². The van der Waals surface area contributed by atoms with Crippen LogP contribution in [0.3, 0.4) is 0 Å². The summed E-state index contributed by atoms with van der Waals surface area (Å²) in [5, 5.41) is 13.8. The smallest absolute Gasteiger partial charge is 0.271 e. The number of rotatable bonds is 7. The fraction of sp³-hybridized carbons (Fsp3) is 0.300. The predicted octanol–water partition coefficient (Wildman–Crippen LogP) is 3.68. The normalized spacial score (nSPS) is 16.6. The Morgan fingerprint density at radius 2 is 1.93 bits per heavy atom. The van der Waals surface area contributed by atoms with Gasteiger partial charge in [-0.05, 0) is 36.6 Å². The number of nitrogens with zero attached hydrogens (tertiary/aromatic N) is 2. The van der Waals surface area contributed by atoms with Crippen molar-refractivity contribution in [2.45, 2.75) is 38.6 Å². The van der Waals surface area contributed by atoms with Crippen molar-refractivity contribution in [2.24, 2.45) is 0 Å². The van der Waals surface area contributed by atoms with Crippen molar-refractivity contribution in [2.75, 3.05) is 10.2 Å². The Bertz CT molecular complexity index is 864. The van der Waals surface area contributed by atoms with Crippen molar-refractivity contribution in [1.29, 1.82) is 0 Å². The molecule has 2 amide bonds. The van der Waals surface area contributed by atoms with E-state index in [1.807, 2.05) is 12.1 Å². The van der Waals surface area contributed by atoms with Crippen LogP contribution in [-0.2, 0) is 16.0 Å². The number of aryl methyl sites for hydroxylation is 1. The zero-order valence-corrected chi connectivity index (χ0v) is 15.1. The van der Waals surface area contributed by atoms with Crippen LogP contribution >= 0.6 is 0 Å². The maximum atomic E-state index is 12.7. The molecule has 1 atom stereocenters. The first-order valence-corrected chi connectivity index (χ1v) is 8.96. The lowest BCUT2D eigenvalue weighted by molar-refractivity contribution is -0.384. The van der Waals surface area contributed by atoms with E-state index >= 15 is 0 Å². The van der Waals surface area contributed by atoms with Gasteiger partial charge in [-0.25, -0.2) is 4.90 Å². The zero-order chi connectivity index (χ0) is 19.4. The lowest BCUT2D eigenvalue weighted by Crippen LogP contribution is -2.34. The van der Waals surface area contributed by atoms with Gasteiger partial charge in [-0.15, -0.1) is 0 Å². The molecule has 1 fully saturated rings. The van der Waals surface area contributed by atoms with Crippen LogP contribution in [0.25, 0.3) is 0 Å². The first-order chi connectivity index (χ1) is 13.0. The molecule has 1 heterocycles. The number of benzene rings is 2. The number of carbonyl (C=O) groups is 2. The van der Waals surface area contributed by atoms with Gasteiger partial charge in [-0.3, -0.25) is 19.7 Å². The standard InChI is InChI=1S/C20H21N3O4/c1-2-3-5-14-8-10-16(11-9-14)22-19(24)13-18(20(22)25)21-15-6-4-7-17(12-15)23(26)27/h4,6-12,18,21H,2-3,5,13H2,1H3/t18-/m1/s1. The largest absolute Gasteiger partial charge is 0.373 e. The van der Waals surface area contributed by atoms with Crippen LogP contribution in [-0.4, -0.2) is 22.8 Å². The second-order valence-corrected chi connectivity index (χ2v) is 6.55. The van der Waals surface area contributed by atoms with E-state index in [1.165, 1.54) is 28.7 Å². The average Bonchev–Trinajstić information content (AvgIpc) is 2.94. The Labute approximate surface area is 157 Å². The van der Waals surface area contributed by atoms with E-state index in [-0.39, 0.29) is 23.9 Å². The van der Waals surface area contributed by atoms with Crippen molar-refractivity contribution in [3.8, 4) is 0 Å². The highest BCUT2D eigenvalue weighted by Gasteiger charge is 2.39. The number of imide groups is 1. The number of nitrogens with one attached hydrogen (secondary N) is 1. The van der Waals surface area contributed by atoms with Gasteiger partial charge in [0, 0.05) is 17.8 Å². The third kappa shape index (κ3) is 4.13. The highest BCUT2D eigenvalue weighted by atomic mass is 16.6. The third-order valence-corrected chi connectivity index (χ3v) is 4.56. The van der Waals surface area contributed by atoms with E-state index in [9.17, 15) is 19.7 Å². The van der Waals surface area contributed by atoms with Gasteiger partial charge in [0.15, 0.2) is 0 Å². The minimum Gasteiger partial charge on any atom is -0.373 e. The summed E-state index contributed by atoms with van der Waals surface area (Å²) in [6.45, 7) is 2.13. The van der Waals surface area contributed by atoms with Crippen molar-refractivity contribution in [1.82, 2.24) is 0 Å². The van der Waals surface area contributed by atoms with Gasteiger partial charge >= 0.3 is 0 Å². The molecular weight excluding hydrogens is 346 g/mol. The molecule has 2 aromatic carbocycles. The minimum absolute atomic E-state index is 0.0130. The molecule has 1 N–H and O–H groups in total. The summed E-state index contributed by atoms with van der Waals surface area (Å²) in [5.74, 6) is -0.642. The van der Waals surface area contributed by atoms with Crippen LogP contribution in [0.2, 0.25) is 0 Å². The number of non-ortho nitro benzene ring substituents is 1. The molecule has 0 radical (unpaired) electrons. The summed E-state index contributed by atoms with van der Waals surface area (Å²) < 4.78 is 0. The second kappa shape index (κ2) is 7.99. The Morgan fingerprint density at radius 3 is 2.59 bits per heavy atom. The maximum Gasteiger partial charge on any atom is 0.271 e. The Kier molecular flexibility index (Phi) is 5.49. The van der Waals surface area contributed by atoms with Crippen molar-refractivity contribution < 1.29 is 14.5 Å². The molecule has 0 bridgehead atoms. The van der Waals surface area contributed by atoms with Crippen LogP contribution in [0.15, 0.2) is 48.5 Å². The van der Waals surface area contributed by atoms with Crippen LogP contribution in [0, 0.1) is 10.1 Å². The minimum atomic E-state index is -0.737. The van der Waals surface area contributed by atoms with Crippen LogP contribution < -0.4 is 10.2 Å². The van der Waals surface area contributed by atoms with E-state index in [0.29, 0.717) is 11.4 Å². The fourth-order valence-corrected chi connectivity index (χ4v) is 3.12. The molecule has 1 aliphatic rings. The number of hydrogen-bond donors (Lipinski definition) is 1. The van der Waals surface area contributed by atoms with E-state index in [1.54, 1.807) is 18.2 Å². The van der Waals surface area contributed by atoms with Crippen LogP contribution in [0.4, 0.5) is 17.1 Å². The maximum absolute atomic E-state index is 12.7. The van der Waals surface area contributed by atoms with Crippen LogP contribution in [0.1, 0.15) is 31.7 Å². The Hall–Kier alpha value is -3.22. The van der Waals surface area contributed by atoms with Gasteiger partial charge in [0.05, 0.1) is 17.0 Å². The molecule has 0 unspecified atom stereocenters. The van der Waals surface area contributed by atoms with Gasteiger partial charge in [0.1, 0.15) is 6.04 Å². The average molecular weight is 367 g/mol. The van der Waals surface area contributed by atoms with Crippen molar-refractivity contribution in [3.63, 3.8) is 0 Å². The predicted molar refractivity (Wildman–Crippen MR) is 103 cm³/mol. The molecule has 0 spiro atoms. The highest BCUT2D eigenvalue weighted by molar-refractivity contribution is 6.23. The van der Waals surface area contributed by atoms with E-state index < -0.39 is 11.0 Å². The van der Waals surface area contributed by atoms with Gasteiger partial charge < -0.3 is 5.32 Å². The monoisotopic (exact) mass is 367 g/mol. The zero-order valence-electron chi connectivity index (χ0n) is 15.1. The van der Waals surface area contributed by atoms with E-state index in [0.717, 1.165) is 19.3 Å². The molecule has 7 heteroatoms. The van der Waals surface area contributed by atoms with Gasteiger partial charge in [0.2, 0.25) is 5.91 Å². The molecule has 0 saturated carbocycles. The molecular formula is C20H21N3O4. The number of nitro benzene ring substituents is 1. The molecule has 140 valence electrons. The lowest BCUT2D eigenvalue weighted by atomic mass is 10.1. The molecule has 1 saturated heterocycles. The quantitative estimate of drug-likeness (QED) is 0.458. The van der Waals surface area contributed by atoms with Crippen molar-refractivity contribution in [3.05, 3.63) is 64.2 Å². The van der Waals surface area contributed by atoms with E-state index in [4.69, 9.17) is 0 Å². The first kappa shape index (κ1) is 18.6. The highest BCUT2D eigenvalue weighted by Crippen LogP contribution is 2.26. The summed E-state index contributed by atoms with van der Waals surface area (Å²) >= 11 is 0. The Balaban J connectivity index is 1.73. The van der Waals surface area contributed by atoms with Gasteiger partial charge in [-0.2, -0.15) is 0 Å². The van der Waals surface area contributed by atoms with Crippen LogP contribution in [0.5, 0.6) is 0 Å².